The van der Waals surface area contributed by atoms with Gasteiger partial charge in [-0.15, -0.1) is 11.3 Å². The first-order valence-corrected chi connectivity index (χ1v) is 9.27. The minimum atomic E-state index is -0.629. The first-order valence-electron chi connectivity index (χ1n) is 8.39. The number of nitrogens with zero attached hydrogens (tertiary/aromatic N) is 4. The van der Waals surface area contributed by atoms with Gasteiger partial charge in [0.2, 0.25) is 0 Å². The summed E-state index contributed by atoms with van der Waals surface area (Å²) >= 11 is 1.22. The molecule has 3 rings (SSSR count). The average Bonchev–Trinajstić information content (AvgIpc) is 3.24. The first kappa shape index (κ1) is 19.7. The fourth-order valence-electron chi connectivity index (χ4n) is 2.62. The van der Waals surface area contributed by atoms with Crippen LogP contribution in [0.1, 0.15) is 5.56 Å². The van der Waals surface area contributed by atoms with E-state index in [0.29, 0.717) is 16.4 Å². The van der Waals surface area contributed by atoms with Gasteiger partial charge in [0.15, 0.2) is 5.13 Å². The lowest BCUT2D eigenvalue weighted by Crippen LogP contribution is -2.13. The molecule has 0 aliphatic rings. The van der Waals surface area contributed by atoms with E-state index < -0.39 is 10.8 Å². The molecule has 2 aromatic carbocycles. The maximum Gasteiger partial charge on any atom is 0.293 e. The van der Waals surface area contributed by atoms with Crippen LogP contribution in [0, 0.1) is 21.4 Å². The SMILES string of the molecule is CN(c1ccccc1)c1ccc(/C=C(\C#N)C(=O)Nc2nccs2)cc1[N+](=O)[O-]. The van der Waals surface area contributed by atoms with Gasteiger partial charge in [-0.3, -0.25) is 20.2 Å². The summed E-state index contributed by atoms with van der Waals surface area (Å²) in [6.07, 6.45) is 2.84. The highest BCUT2D eigenvalue weighted by Gasteiger charge is 2.19. The van der Waals surface area contributed by atoms with Crippen LogP contribution in [0.15, 0.2) is 65.7 Å². The van der Waals surface area contributed by atoms with E-state index in [1.807, 2.05) is 36.4 Å². The molecule has 0 spiro atoms. The topological polar surface area (TPSA) is 112 Å². The predicted octanol–water partition coefficient (Wildman–Crippen LogP) is 4.36. The summed E-state index contributed by atoms with van der Waals surface area (Å²) in [4.78, 5) is 29.0. The number of anilines is 3. The van der Waals surface area contributed by atoms with Gasteiger partial charge in [-0.25, -0.2) is 4.98 Å². The number of carbonyl (C=O) groups excluding carboxylic acids is 1. The number of nitro groups is 1. The predicted molar refractivity (Wildman–Crippen MR) is 112 cm³/mol. The Kier molecular flexibility index (Phi) is 5.97. The first-order chi connectivity index (χ1) is 14.0. The fourth-order valence-corrected chi connectivity index (χ4v) is 3.14. The van der Waals surface area contributed by atoms with Crippen molar-refractivity contribution in [1.29, 1.82) is 5.26 Å². The van der Waals surface area contributed by atoms with Crippen molar-refractivity contribution in [2.75, 3.05) is 17.3 Å². The van der Waals surface area contributed by atoms with Crippen molar-refractivity contribution >= 4 is 45.5 Å². The van der Waals surface area contributed by atoms with Gasteiger partial charge >= 0.3 is 0 Å². The van der Waals surface area contributed by atoms with E-state index in [4.69, 9.17) is 0 Å². The van der Waals surface area contributed by atoms with Crippen LogP contribution in [0.3, 0.4) is 0 Å². The fraction of sp³-hybridized carbons (Fsp3) is 0.0500. The summed E-state index contributed by atoms with van der Waals surface area (Å²) in [5, 5.41) is 25.5. The van der Waals surface area contributed by atoms with Crippen LogP contribution in [-0.2, 0) is 4.79 Å². The van der Waals surface area contributed by atoms with Crippen molar-refractivity contribution < 1.29 is 9.72 Å². The monoisotopic (exact) mass is 405 g/mol. The number of aromatic nitrogens is 1. The van der Waals surface area contributed by atoms with Crippen LogP contribution >= 0.6 is 11.3 Å². The van der Waals surface area contributed by atoms with Crippen LogP contribution in [0.2, 0.25) is 0 Å². The van der Waals surface area contributed by atoms with Gasteiger partial charge in [-0.05, 0) is 29.8 Å². The van der Waals surface area contributed by atoms with E-state index >= 15 is 0 Å². The van der Waals surface area contributed by atoms with Crippen LogP contribution in [-0.4, -0.2) is 22.9 Å². The number of hydrogen-bond donors (Lipinski definition) is 1. The number of amides is 1. The van der Waals surface area contributed by atoms with Gasteiger partial charge in [-0.2, -0.15) is 5.26 Å². The molecule has 0 saturated heterocycles. The Morgan fingerprint density at radius 3 is 2.69 bits per heavy atom. The van der Waals surface area contributed by atoms with Gasteiger partial charge in [-0.1, -0.05) is 24.3 Å². The number of benzene rings is 2. The van der Waals surface area contributed by atoms with Crippen LogP contribution in [0.5, 0.6) is 0 Å². The van der Waals surface area contributed by atoms with E-state index in [0.717, 1.165) is 5.69 Å². The van der Waals surface area contributed by atoms with Gasteiger partial charge < -0.3 is 4.90 Å². The van der Waals surface area contributed by atoms with Gasteiger partial charge in [0.1, 0.15) is 17.3 Å². The molecule has 0 atom stereocenters. The molecule has 0 radical (unpaired) electrons. The van der Waals surface area contributed by atoms with Crippen molar-refractivity contribution in [2.45, 2.75) is 0 Å². The summed E-state index contributed by atoms with van der Waals surface area (Å²) < 4.78 is 0. The molecule has 144 valence electrons. The van der Waals surface area contributed by atoms with Crippen molar-refractivity contribution in [3.05, 3.63) is 81.4 Å². The standard InChI is InChI=1S/C20H15N5O3S/c1-24(16-5-3-2-4-6-16)17-8-7-14(12-18(17)25(27)28)11-15(13-21)19(26)23-20-22-9-10-29-20/h2-12H,1H3,(H,22,23,26)/b15-11+. The maximum atomic E-state index is 12.2. The third kappa shape index (κ3) is 4.63. The number of nitriles is 1. The quantitative estimate of drug-likeness (QED) is 0.282. The average molecular weight is 405 g/mol. The van der Waals surface area contributed by atoms with Gasteiger partial charge in [0.05, 0.1) is 4.92 Å². The Morgan fingerprint density at radius 1 is 1.31 bits per heavy atom. The maximum absolute atomic E-state index is 12.2. The summed E-state index contributed by atoms with van der Waals surface area (Å²) in [6.45, 7) is 0. The molecule has 0 aliphatic heterocycles. The summed E-state index contributed by atoms with van der Waals surface area (Å²) in [6, 6.07) is 15.6. The Balaban J connectivity index is 1.93. The second-order valence-electron chi connectivity index (χ2n) is 5.86. The Labute approximate surface area is 170 Å². The zero-order valence-corrected chi connectivity index (χ0v) is 16.1. The molecule has 1 N–H and O–H groups in total. The largest absolute Gasteiger partial charge is 0.339 e. The van der Waals surface area contributed by atoms with Crippen molar-refractivity contribution in [3.8, 4) is 6.07 Å². The lowest BCUT2D eigenvalue weighted by molar-refractivity contribution is -0.384. The zero-order valence-electron chi connectivity index (χ0n) is 15.3. The summed E-state index contributed by atoms with van der Waals surface area (Å²) in [7, 11) is 1.73. The lowest BCUT2D eigenvalue weighted by Gasteiger charge is -2.19. The Morgan fingerprint density at radius 2 is 2.07 bits per heavy atom. The van der Waals surface area contributed by atoms with E-state index in [-0.39, 0.29) is 11.3 Å². The highest BCUT2D eigenvalue weighted by atomic mass is 32.1. The number of nitro benzene ring substituents is 1. The van der Waals surface area contributed by atoms with Crippen molar-refractivity contribution in [2.24, 2.45) is 0 Å². The molecule has 1 aromatic heterocycles. The molecule has 0 saturated carbocycles. The van der Waals surface area contributed by atoms with Crippen molar-refractivity contribution in [3.63, 3.8) is 0 Å². The molecule has 0 aliphatic carbocycles. The Hall–Kier alpha value is -4.03. The normalized spacial score (nSPS) is 10.8. The van der Waals surface area contributed by atoms with Crippen LogP contribution < -0.4 is 10.2 Å². The molecule has 0 fully saturated rings. The van der Waals surface area contributed by atoms with E-state index in [2.05, 4.69) is 10.3 Å². The number of nitrogens with one attached hydrogen (secondary N) is 1. The molecular weight excluding hydrogens is 390 g/mol. The third-order valence-corrected chi connectivity index (χ3v) is 4.72. The van der Waals surface area contributed by atoms with E-state index in [1.165, 1.54) is 29.7 Å². The van der Waals surface area contributed by atoms with Gasteiger partial charge in [0.25, 0.3) is 11.6 Å². The smallest absolute Gasteiger partial charge is 0.293 e. The lowest BCUT2D eigenvalue weighted by atomic mass is 10.1. The molecule has 29 heavy (non-hydrogen) atoms. The molecule has 8 nitrogen and oxygen atoms in total. The minimum absolute atomic E-state index is 0.136. The molecule has 1 amide bonds. The number of rotatable bonds is 6. The van der Waals surface area contributed by atoms with Gasteiger partial charge in [0, 0.05) is 30.4 Å². The second kappa shape index (κ2) is 8.77. The highest BCUT2D eigenvalue weighted by molar-refractivity contribution is 7.13. The molecule has 0 unspecified atom stereocenters. The molecule has 0 bridgehead atoms. The third-order valence-electron chi connectivity index (χ3n) is 4.03. The van der Waals surface area contributed by atoms with Crippen LogP contribution in [0.25, 0.3) is 6.08 Å². The number of para-hydroxylation sites is 1. The summed E-state index contributed by atoms with van der Waals surface area (Å²) in [5.74, 6) is -0.629. The number of carbonyl (C=O) groups is 1. The molecular formula is C20H15N5O3S. The van der Waals surface area contributed by atoms with E-state index in [9.17, 15) is 20.2 Å². The summed E-state index contributed by atoms with van der Waals surface area (Å²) in [5.41, 5.74) is 1.23. The highest BCUT2D eigenvalue weighted by Crippen LogP contribution is 2.33. The van der Waals surface area contributed by atoms with E-state index in [1.54, 1.807) is 29.5 Å². The minimum Gasteiger partial charge on any atom is -0.339 e. The van der Waals surface area contributed by atoms with Crippen LogP contribution in [0.4, 0.5) is 22.2 Å². The molecule has 3 aromatic rings. The number of thiazole rings is 1. The Bertz CT molecular complexity index is 1100. The number of hydrogen-bond acceptors (Lipinski definition) is 7. The molecule has 9 heteroatoms. The zero-order chi connectivity index (χ0) is 20.8. The van der Waals surface area contributed by atoms with Crippen molar-refractivity contribution in [1.82, 2.24) is 4.98 Å². The molecule has 1 heterocycles. The second-order valence-corrected chi connectivity index (χ2v) is 6.76.